The number of hydrogen-bond donors (Lipinski definition) is 1. The smallest absolute Gasteiger partial charge is 0.244 e. The lowest BCUT2D eigenvalue weighted by molar-refractivity contribution is -0.140. The Morgan fingerprint density at radius 3 is 1.95 bits per heavy atom. The van der Waals surface area contributed by atoms with Gasteiger partial charge in [-0.3, -0.25) is 13.9 Å². The van der Waals surface area contributed by atoms with E-state index in [1.807, 2.05) is 64.1 Å². The molecule has 2 aromatic rings. The zero-order valence-electron chi connectivity index (χ0n) is 25.8. The van der Waals surface area contributed by atoms with Crippen molar-refractivity contribution in [3.63, 3.8) is 0 Å². The van der Waals surface area contributed by atoms with E-state index >= 15 is 0 Å². The summed E-state index contributed by atoms with van der Waals surface area (Å²) in [7, 11) is -3.77. The summed E-state index contributed by atoms with van der Waals surface area (Å²) in [6.45, 7) is 7.48. The third kappa shape index (κ3) is 6.53. The van der Waals surface area contributed by atoms with Crippen LogP contribution in [0.4, 0.5) is 5.69 Å². The molecule has 8 heteroatoms. The minimum atomic E-state index is -3.77. The number of sulfonamides is 1. The quantitative estimate of drug-likeness (QED) is 0.370. The molecular weight excluding hydrogens is 546 g/mol. The number of anilines is 1. The second-order valence-corrected chi connectivity index (χ2v) is 15.5. The molecule has 228 valence electrons. The monoisotopic (exact) mass is 593 g/mol. The lowest BCUT2D eigenvalue weighted by Crippen LogP contribution is -2.53. The maximum atomic E-state index is 14.0. The average molecular weight is 594 g/mol. The van der Waals surface area contributed by atoms with Crippen LogP contribution in [0, 0.1) is 24.7 Å². The van der Waals surface area contributed by atoms with Crippen molar-refractivity contribution < 1.29 is 18.0 Å². The fraction of sp³-hybridized carbons (Fsp3) is 0.588. The van der Waals surface area contributed by atoms with Gasteiger partial charge in [-0.1, -0.05) is 48.9 Å². The van der Waals surface area contributed by atoms with Crippen LogP contribution in [0.2, 0.25) is 0 Å². The SMILES string of the molecule is CC[C@@H](C(=O)NC(C)C)N(Cc1ccc(C)cc1)C(=O)CN(c1ccc(C23CC4CC(CC(C4)C2)C3)cc1)S(C)(=O)=O. The average Bonchev–Trinajstić information content (AvgIpc) is 2.91. The molecule has 2 amide bonds. The molecule has 0 heterocycles. The zero-order valence-corrected chi connectivity index (χ0v) is 26.6. The van der Waals surface area contributed by atoms with Gasteiger partial charge in [-0.2, -0.15) is 0 Å². The highest BCUT2D eigenvalue weighted by Crippen LogP contribution is 2.60. The first-order chi connectivity index (χ1) is 19.9. The van der Waals surface area contributed by atoms with Gasteiger partial charge in [0.05, 0.1) is 11.9 Å². The van der Waals surface area contributed by atoms with Crippen LogP contribution in [0.25, 0.3) is 0 Å². The van der Waals surface area contributed by atoms with E-state index in [1.54, 1.807) is 0 Å². The van der Waals surface area contributed by atoms with E-state index in [0.717, 1.165) is 35.1 Å². The molecule has 6 rings (SSSR count). The summed E-state index contributed by atoms with van der Waals surface area (Å²) in [4.78, 5) is 28.7. The molecule has 0 aliphatic heterocycles. The third-order valence-electron chi connectivity index (χ3n) is 9.78. The predicted molar refractivity (Wildman–Crippen MR) is 168 cm³/mol. The van der Waals surface area contributed by atoms with Crippen molar-refractivity contribution in [1.82, 2.24) is 10.2 Å². The van der Waals surface area contributed by atoms with E-state index in [1.165, 1.54) is 53.3 Å². The van der Waals surface area contributed by atoms with Crippen molar-refractivity contribution in [3.05, 3.63) is 65.2 Å². The van der Waals surface area contributed by atoms with Crippen LogP contribution in [-0.4, -0.2) is 50.0 Å². The van der Waals surface area contributed by atoms with E-state index in [0.29, 0.717) is 12.1 Å². The number of aryl methyl sites for hydroxylation is 1. The number of hydrogen-bond acceptors (Lipinski definition) is 4. The predicted octanol–water partition coefficient (Wildman–Crippen LogP) is 5.56. The van der Waals surface area contributed by atoms with E-state index in [4.69, 9.17) is 0 Å². The molecule has 1 atom stereocenters. The Morgan fingerprint density at radius 2 is 1.48 bits per heavy atom. The molecule has 2 aromatic carbocycles. The standard InChI is InChI=1S/C34H47N3O4S/c1-6-31(33(39)35-23(2)3)36(21-25-9-7-24(4)8-10-25)32(38)22-37(42(5,40)41)30-13-11-29(12-14-30)34-18-26-15-27(19-34)17-28(16-26)20-34/h7-14,23,26-28,31H,6,15-22H2,1-5H3,(H,35,39)/t26?,27?,28?,31-,34?/m0/s1. The van der Waals surface area contributed by atoms with Gasteiger partial charge in [0.2, 0.25) is 21.8 Å². The lowest BCUT2D eigenvalue weighted by atomic mass is 9.48. The molecule has 0 unspecified atom stereocenters. The first kappa shape index (κ1) is 30.6. The van der Waals surface area contributed by atoms with Gasteiger partial charge in [0, 0.05) is 12.6 Å². The van der Waals surface area contributed by atoms with E-state index in [2.05, 4.69) is 17.4 Å². The lowest BCUT2D eigenvalue weighted by Gasteiger charge is -2.57. The Bertz CT molecular complexity index is 1350. The molecule has 42 heavy (non-hydrogen) atoms. The van der Waals surface area contributed by atoms with Crippen LogP contribution >= 0.6 is 0 Å². The van der Waals surface area contributed by atoms with E-state index < -0.39 is 22.0 Å². The van der Waals surface area contributed by atoms with Crippen molar-refractivity contribution in [2.75, 3.05) is 17.1 Å². The topological polar surface area (TPSA) is 86.8 Å². The zero-order chi connectivity index (χ0) is 30.2. The molecule has 1 N–H and O–H groups in total. The van der Waals surface area contributed by atoms with Crippen molar-refractivity contribution in [2.24, 2.45) is 17.8 Å². The summed E-state index contributed by atoms with van der Waals surface area (Å²) in [5.41, 5.74) is 3.98. The number of carbonyl (C=O) groups is 2. The van der Waals surface area contributed by atoms with Gasteiger partial charge < -0.3 is 10.2 Å². The van der Waals surface area contributed by atoms with Gasteiger partial charge in [0.15, 0.2) is 0 Å². The fourth-order valence-corrected chi connectivity index (χ4v) is 9.10. The van der Waals surface area contributed by atoms with Crippen LogP contribution in [-0.2, 0) is 31.6 Å². The van der Waals surface area contributed by atoms with Crippen molar-refractivity contribution in [1.29, 1.82) is 0 Å². The molecule has 7 nitrogen and oxygen atoms in total. The minimum Gasteiger partial charge on any atom is -0.352 e. The number of nitrogens with zero attached hydrogens (tertiary/aromatic N) is 2. The first-order valence-electron chi connectivity index (χ1n) is 15.6. The number of amides is 2. The molecule has 0 spiro atoms. The Morgan fingerprint density at radius 1 is 0.929 bits per heavy atom. The van der Waals surface area contributed by atoms with Gasteiger partial charge >= 0.3 is 0 Å². The van der Waals surface area contributed by atoms with Crippen LogP contribution in [0.3, 0.4) is 0 Å². The number of benzene rings is 2. The molecule has 0 saturated heterocycles. The highest BCUT2D eigenvalue weighted by Gasteiger charge is 2.51. The summed E-state index contributed by atoms with van der Waals surface area (Å²) < 4.78 is 27.4. The summed E-state index contributed by atoms with van der Waals surface area (Å²) in [6.07, 6.45) is 9.36. The molecule has 4 aliphatic rings. The normalized spacial score (nSPS) is 25.3. The molecule has 4 fully saturated rings. The van der Waals surface area contributed by atoms with Gasteiger partial charge in [-0.25, -0.2) is 8.42 Å². The van der Waals surface area contributed by atoms with Gasteiger partial charge in [0.25, 0.3) is 0 Å². The van der Waals surface area contributed by atoms with Gasteiger partial charge in [0.1, 0.15) is 12.6 Å². The summed E-state index contributed by atoms with van der Waals surface area (Å²) >= 11 is 0. The molecule has 4 aliphatic carbocycles. The summed E-state index contributed by atoms with van der Waals surface area (Å²) in [5, 5.41) is 2.93. The number of nitrogens with one attached hydrogen (secondary N) is 1. The van der Waals surface area contributed by atoms with Crippen LogP contribution in [0.15, 0.2) is 48.5 Å². The van der Waals surface area contributed by atoms with Crippen LogP contribution in [0.1, 0.15) is 82.4 Å². The number of carbonyl (C=O) groups excluding carboxylic acids is 2. The first-order valence-corrected chi connectivity index (χ1v) is 17.5. The Balaban J connectivity index is 1.40. The fourth-order valence-electron chi connectivity index (χ4n) is 8.25. The highest BCUT2D eigenvalue weighted by atomic mass is 32.2. The maximum absolute atomic E-state index is 14.0. The van der Waals surface area contributed by atoms with E-state index in [9.17, 15) is 18.0 Å². The Labute approximate surface area is 252 Å². The van der Waals surface area contributed by atoms with Crippen molar-refractivity contribution in [2.45, 2.75) is 96.7 Å². The second-order valence-electron chi connectivity index (χ2n) is 13.6. The van der Waals surface area contributed by atoms with Gasteiger partial charge in [-0.05, 0) is 112 Å². The maximum Gasteiger partial charge on any atom is 0.244 e. The largest absolute Gasteiger partial charge is 0.352 e. The molecular formula is C34H47N3O4S. The molecule has 0 aromatic heterocycles. The summed E-state index contributed by atoms with van der Waals surface area (Å²) in [5.74, 6) is 1.82. The van der Waals surface area contributed by atoms with Crippen molar-refractivity contribution in [3.8, 4) is 0 Å². The van der Waals surface area contributed by atoms with Gasteiger partial charge in [-0.15, -0.1) is 0 Å². The number of rotatable bonds is 11. The van der Waals surface area contributed by atoms with E-state index in [-0.39, 0.29) is 30.5 Å². The minimum absolute atomic E-state index is 0.0807. The Hall–Kier alpha value is -2.87. The third-order valence-corrected chi connectivity index (χ3v) is 10.9. The Kier molecular flexibility index (Phi) is 8.75. The highest BCUT2D eigenvalue weighted by molar-refractivity contribution is 7.92. The summed E-state index contributed by atoms with van der Waals surface area (Å²) in [6, 6.07) is 15.0. The molecule has 0 radical (unpaired) electrons. The van der Waals surface area contributed by atoms with Crippen LogP contribution in [0.5, 0.6) is 0 Å². The molecule has 4 saturated carbocycles. The van der Waals surface area contributed by atoms with Crippen molar-refractivity contribution >= 4 is 27.5 Å². The van der Waals surface area contributed by atoms with Crippen LogP contribution < -0.4 is 9.62 Å². The molecule has 4 bridgehead atoms. The second kappa shape index (κ2) is 12.0.